The highest BCUT2D eigenvalue weighted by molar-refractivity contribution is 6.32. The normalized spacial score (nSPS) is 18.4. The van der Waals surface area contributed by atoms with Crippen molar-refractivity contribution in [3.63, 3.8) is 0 Å². The van der Waals surface area contributed by atoms with E-state index >= 15 is 0 Å². The number of aromatic nitrogens is 3. The average molecular weight is 415 g/mol. The van der Waals surface area contributed by atoms with Crippen molar-refractivity contribution in [1.82, 2.24) is 25.2 Å². The molecule has 2 aliphatic rings. The van der Waals surface area contributed by atoms with Gasteiger partial charge in [-0.1, -0.05) is 35.0 Å². The van der Waals surface area contributed by atoms with E-state index < -0.39 is 5.91 Å². The molecule has 4 rings (SSSR count). The zero-order valence-corrected chi connectivity index (χ0v) is 16.2. The number of carbonyl (C=O) groups is 2. The molecule has 1 N–H and O–H groups in total. The van der Waals surface area contributed by atoms with E-state index in [1.165, 1.54) is 0 Å². The number of ether oxygens (including phenoxy) is 1. The van der Waals surface area contributed by atoms with E-state index in [9.17, 15) is 9.59 Å². The van der Waals surface area contributed by atoms with E-state index in [4.69, 9.17) is 16.3 Å². The number of nitrogens with one attached hydrogen (secondary N) is 1. The number of dihydropyridines is 1. The van der Waals surface area contributed by atoms with Gasteiger partial charge in [-0.2, -0.15) is 0 Å². The summed E-state index contributed by atoms with van der Waals surface area (Å²) in [6.07, 6.45) is 6.90. The maximum atomic E-state index is 12.2. The predicted octanol–water partition coefficient (Wildman–Crippen LogP) is 1.13. The Kier molecular flexibility index (Phi) is 5.57. The molecule has 0 aliphatic carbocycles. The summed E-state index contributed by atoms with van der Waals surface area (Å²) in [7, 11) is 0. The van der Waals surface area contributed by atoms with Crippen molar-refractivity contribution in [2.45, 2.75) is 12.1 Å². The minimum Gasteiger partial charge on any atom is -0.485 e. The molecule has 1 fully saturated rings. The van der Waals surface area contributed by atoms with Gasteiger partial charge in [-0.05, 0) is 18.2 Å². The van der Waals surface area contributed by atoms with Gasteiger partial charge in [0.25, 0.3) is 5.91 Å². The molecule has 2 aliphatic heterocycles. The standard InChI is InChI=1S/C19H19ClN6O3/c20-15-5-1-2-6-17(15)29-14-10-25(11-14)18(27)9-22-19(28)16-12-26(24-23-16)13-4-3-7-21-8-13/h1-7,12-14H,8-11H2,(H,22,28). The first kappa shape index (κ1) is 19.1. The lowest BCUT2D eigenvalue weighted by Crippen LogP contribution is -2.58. The fourth-order valence-electron chi connectivity index (χ4n) is 2.98. The van der Waals surface area contributed by atoms with Gasteiger partial charge in [0.05, 0.1) is 43.4 Å². The highest BCUT2D eigenvalue weighted by Gasteiger charge is 2.32. The molecule has 1 aromatic heterocycles. The number of para-hydroxylation sites is 1. The van der Waals surface area contributed by atoms with E-state index in [0.29, 0.717) is 30.4 Å². The molecule has 1 aromatic carbocycles. The molecule has 0 saturated carbocycles. The van der Waals surface area contributed by atoms with Gasteiger partial charge in [-0.3, -0.25) is 14.6 Å². The lowest BCUT2D eigenvalue weighted by atomic mass is 10.1. The third kappa shape index (κ3) is 4.45. The molecule has 2 amide bonds. The van der Waals surface area contributed by atoms with Crippen LogP contribution in [0.3, 0.4) is 0 Å². The van der Waals surface area contributed by atoms with Crippen molar-refractivity contribution in [2.24, 2.45) is 4.99 Å². The van der Waals surface area contributed by atoms with Crippen LogP contribution in [-0.4, -0.2) is 70.2 Å². The number of benzene rings is 1. The first-order valence-electron chi connectivity index (χ1n) is 9.16. The molecule has 1 atom stereocenters. The summed E-state index contributed by atoms with van der Waals surface area (Å²) in [4.78, 5) is 30.2. The summed E-state index contributed by atoms with van der Waals surface area (Å²) in [5.74, 6) is -0.0345. The van der Waals surface area contributed by atoms with Crippen LogP contribution in [0.2, 0.25) is 5.02 Å². The molecule has 2 aromatic rings. The molecule has 29 heavy (non-hydrogen) atoms. The number of nitrogens with zero attached hydrogens (tertiary/aromatic N) is 5. The lowest BCUT2D eigenvalue weighted by Gasteiger charge is -2.39. The average Bonchev–Trinajstić information content (AvgIpc) is 3.20. The summed E-state index contributed by atoms with van der Waals surface area (Å²) < 4.78 is 7.35. The number of halogens is 1. The molecule has 1 saturated heterocycles. The Morgan fingerprint density at radius 2 is 2.10 bits per heavy atom. The maximum absolute atomic E-state index is 12.2. The quantitative estimate of drug-likeness (QED) is 0.763. The van der Waals surface area contributed by atoms with Crippen LogP contribution < -0.4 is 10.1 Å². The number of hydrogen-bond acceptors (Lipinski definition) is 6. The highest BCUT2D eigenvalue weighted by Crippen LogP contribution is 2.26. The monoisotopic (exact) mass is 414 g/mol. The second-order valence-corrected chi connectivity index (χ2v) is 7.11. The molecule has 10 heteroatoms. The van der Waals surface area contributed by atoms with Crippen molar-refractivity contribution in [1.29, 1.82) is 0 Å². The van der Waals surface area contributed by atoms with Gasteiger partial charge in [-0.25, -0.2) is 4.68 Å². The zero-order chi connectivity index (χ0) is 20.2. The number of aliphatic imine (C=N–C) groups is 1. The van der Waals surface area contributed by atoms with Gasteiger partial charge >= 0.3 is 0 Å². The van der Waals surface area contributed by atoms with Crippen molar-refractivity contribution in [3.05, 3.63) is 53.3 Å². The van der Waals surface area contributed by atoms with Gasteiger partial charge in [0.2, 0.25) is 5.91 Å². The van der Waals surface area contributed by atoms with Crippen LogP contribution in [0.25, 0.3) is 0 Å². The summed E-state index contributed by atoms with van der Waals surface area (Å²) in [5, 5.41) is 11.0. The molecule has 0 spiro atoms. The summed E-state index contributed by atoms with van der Waals surface area (Å²) in [5.41, 5.74) is 0.157. The van der Waals surface area contributed by atoms with E-state index in [1.54, 1.807) is 34.1 Å². The number of rotatable bonds is 6. The summed E-state index contributed by atoms with van der Waals surface area (Å²) in [6, 6.07) is 7.14. The minimum atomic E-state index is -0.447. The number of allylic oxidation sites excluding steroid dienone is 1. The van der Waals surface area contributed by atoms with Crippen LogP contribution in [0.5, 0.6) is 5.75 Å². The number of amides is 2. The molecule has 9 nitrogen and oxygen atoms in total. The van der Waals surface area contributed by atoms with Crippen LogP contribution in [0, 0.1) is 0 Å². The number of likely N-dealkylation sites (tertiary alicyclic amines) is 1. The van der Waals surface area contributed by atoms with Crippen molar-refractivity contribution < 1.29 is 14.3 Å². The van der Waals surface area contributed by atoms with Gasteiger partial charge in [0, 0.05) is 6.21 Å². The number of carbonyl (C=O) groups excluding carboxylic acids is 2. The Labute approximate surface area is 172 Å². The zero-order valence-electron chi connectivity index (χ0n) is 15.4. The largest absolute Gasteiger partial charge is 0.485 e. The second kappa shape index (κ2) is 8.44. The van der Waals surface area contributed by atoms with E-state index in [0.717, 1.165) is 0 Å². The van der Waals surface area contributed by atoms with Gasteiger partial charge in [0.15, 0.2) is 5.69 Å². The van der Waals surface area contributed by atoms with Crippen LogP contribution in [-0.2, 0) is 4.79 Å². The summed E-state index contributed by atoms with van der Waals surface area (Å²) >= 11 is 6.07. The lowest BCUT2D eigenvalue weighted by molar-refractivity contribution is -0.138. The van der Waals surface area contributed by atoms with Crippen LogP contribution in [0.1, 0.15) is 16.5 Å². The molecule has 3 heterocycles. The van der Waals surface area contributed by atoms with Gasteiger partial charge in [0.1, 0.15) is 11.9 Å². The van der Waals surface area contributed by atoms with Crippen LogP contribution >= 0.6 is 11.6 Å². The Morgan fingerprint density at radius 1 is 1.28 bits per heavy atom. The molecular formula is C19H19ClN6O3. The second-order valence-electron chi connectivity index (χ2n) is 6.70. The fourth-order valence-corrected chi connectivity index (χ4v) is 3.16. The fraction of sp³-hybridized carbons (Fsp3) is 0.316. The number of hydrogen-bond donors (Lipinski definition) is 1. The van der Waals surface area contributed by atoms with Crippen LogP contribution in [0.4, 0.5) is 0 Å². The Bertz CT molecular complexity index is 966. The minimum absolute atomic E-state index is 0.0631. The molecule has 150 valence electrons. The first-order chi connectivity index (χ1) is 14.1. The molecule has 0 radical (unpaired) electrons. The third-order valence-electron chi connectivity index (χ3n) is 4.63. The molecular weight excluding hydrogens is 396 g/mol. The van der Waals surface area contributed by atoms with Crippen molar-refractivity contribution >= 4 is 29.6 Å². The molecule has 1 unspecified atom stereocenters. The predicted molar refractivity (Wildman–Crippen MR) is 106 cm³/mol. The van der Waals surface area contributed by atoms with E-state index in [-0.39, 0.29) is 30.3 Å². The maximum Gasteiger partial charge on any atom is 0.273 e. The topological polar surface area (TPSA) is 102 Å². The van der Waals surface area contributed by atoms with Gasteiger partial charge in [-0.15, -0.1) is 5.10 Å². The third-order valence-corrected chi connectivity index (χ3v) is 4.94. The first-order valence-corrected chi connectivity index (χ1v) is 9.53. The van der Waals surface area contributed by atoms with E-state index in [1.807, 2.05) is 24.3 Å². The summed E-state index contributed by atoms with van der Waals surface area (Å²) in [6.45, 7) is 1.33. The highest BCUT2D eigenvalue weighted by atomic mass is 35.5. The van der Waals surface area contributed by atoms with Gasteiger partial charge < -0.3 is 15.0 Å². The SMILES string of the molecule is O=C(NCC(=O)N1CC(Oc2ccccc2Cl)C1)c1cn(C2C=CC=NC2)nn1. The van der Waals surface area contributed by atoms with E-state index in [2.05, 4.69) is 20.6 Å². The Morgan fingerprint density at radius 3 is 2.86 bits per heavy atom. The van der Waals surface area contributed by atoms with Crippen molar-refractivity contribution in [3.8, 4) is 5.75 Å². The van der Waals surface area contributed by atoms with Crippen molar-refractivity contribution in [2.75, 3.05) is 26.2 Å². The Hall–Kier alpha value is -3.20. The Balaban J connectivity index is 1.22. The molecule has 0 bridgehead atoms. The van der Waals surface area contributed by atoms with Crippen LogP contribution in [0.15, 0.2) is 47.6 Å². The smallest absolute Gasteiger partial charge is 0.273 e.